The Morgan fingerprint density at radius 2 is 0.809 bits per heavy atom. The molecule has 354 valence electrons. The topological polar surface area (TPSA) is 66.0 Å². The molecule has 0 saturated carbocycles. The van der Waals surface area contributed by atoms with Gasteiger partial charge in [-0.15, -0.1) is 0 Å². The predicted octanol–water partition coefficient (Wildman–Crippen LogP) is 17.7. The highest BCUT2D eigenvalue weighted by Crippen LogP contribution is 2.35. The maximum Gasteiger partial charge on any atom is 0.416 e. The zero-order chi connectivity index (χ0) is 48.8. The van der Waals surface area contributed by atoms with E-state index in [9.17, 15) is 36.9 Å². The second-order valence-corrected chi connectivity index (χ2v) is 16.7. The summed E-state index contributed by atoms with van der Waals surface area (Å²) in [4.78, 5) is 0. The van der Waals surface area contributed by atoms with E-state index in [4.69, 9.17) is 9.47 Å². The van der Waals surface area contributed by atoms with Crippen molar-refractivity contribution in [3.05, 3.63) is 165 Å². The molecule has 0 aliphatic carbocycles. The summed E-state index contributed by atoms with van der Waals surface area (Å²) in [6.07, 6.45) is 15.3. The third-order valence-corrected chi connectivity index (χ3v) is 11.3. The average molecular weight is 929 g/mol. The largest absolute Gasteiger partial charge is 0.493 e. The van der Waals surface area contributed by atoms with Crippen molar-refractivity contribution in [2.75, 3.05) is 13.2 Å². The molecule has 0 heterocycles. The Morgan fingerprint density at radius 1 is 0.456 bits per heavy atom. The minimum atomic E-state index is -4.52. The Balaban J connectivity index is 1.43. The molecule has 0 atom stereocenters. The second-order valence-electron chi connectivity index (χ2n) is 16.7. The number of alkyl halides is 6. The molecule has 0 aliphatic rings. The van der Waals surface area contributed by atoms with Gasteiger partial charge in [0.1, 0.15) is 11.5 Å². The maximum atomic E-state index is 13.4. The Bertz CT molecular complexity index is 2410. The summed E-state index contributed by atoms with van der Waals surface area (Å²) in [5, 5.41) is 19.7. The van der Waals surface area contributed by atoms with Crippen molar-refractivity contribution in [2.45, 2.75) is 103 Å². The van der Waals surface area contributed by atoms with E-state index in [1.165, 1.54) is 62.8 Å². The van der Waals surface area contributed by atoms with Gasteiger partial charge in [-0.25, -0.2) is 0 Å². The van der Waals surface area contributed by atoms with Gasteiger partial charge in [-0.05, 0) is 94.8 Å². The van der Waals surface area contributed by atoms with Crippen LogP contribution in [-0.4, -0.2) is 13.2 Å². The first-order valence-electron chi connectivity index (χ1n) is 23.4. The van der Waals surface area contributed by atoms with Gasteiger partial charge < -0.3 is 9.47 Å². The van der Waals surface area contributed by atoms with Gasteiger partial charge in [-0.1, -0.05) is 175 Å². The number of hydrogen-bond donors (Lipinski definition) is 0. The van der Waals surface area contributed by atoms with Crippen LogP contribution in [0.4, 0.5) is 26.3 Å². The molecular weight excluding hydrogens is 871 g/mol. The molecule has 0 radical (unpaired) electrons. The lowest BCUT2D eigenvalue weighted by Gasteiger charge is -2.16. The molecule has 5 rings (SSSR count). The molecule has 68 heavy (non-hydrogen) atoms. The molecule has 5 aromatic carbocycles. The minimum Gasteiger partial charge on any atom is -0.493 e. The fourth-order valence-corrected chi connectivity index (χ4v) is 7.43. The molecule has 0 unspecified atom stereocenters. The van der Waals surface area contributed by atoms with E-state index >= 15 is 0 Å². The Labute approximate surface area is 397 Å². The molecule has 0 bridgehead atoms. The molecule has 0 aromatic heterocycles. The predicted molar refractivity (Wildman–Crippen MR) is 265 cm³/mol. The lowest BCUT2D eigenvalue weighted by Crippen LogP contribution is -2.04. The third-order valence-electron chi connectivity index (χ3n) is 11.3. The monoisotopic (exact) mass is 928 g/mol. The number of rotatable bonds is 24. The van der Waals surface area contributed by atoms with Gasteiger partial charge in [0, 0.05) is 11.1 Å². The summed E-state index contributed by atoms with van der Waals surface area (Å²) in [6.45, 7) is 5.44. The van der Waals surface area contributed by atoms with Crippen LogP contribution in [0.15, 0.2) is 109 Å². The van der Waals surface area contributed by atoms with E-state index in [1.807, 2.05) is 97.1 Å². The number of benzene rings is 5. The average Bonchev–Trinajstić information content (AvgIpc) is 3.33. The molecular formula is C58H58F6N2O2. The lowest BCUT2D eigenvalue weighted by atomic mass is 10.0. The van der Waals surface area contributed by atoms with Gasteiger partial charge in [0.05, 0.1) is 47.6 Å². The van der Waals surface area contributed by atoms with Crippen molar-refractivity contribution in [1.82, 2.24) is 0 Å². The molecule has 10 heteroatoms. The van der Waals surface area contributed by atoms with Crippen molar-refractivity contribution in [1.29, 1.82) is 10.5 Å². The van der Waals surface area contributed by atoms with Crippen LogP contribution in [0, 0.1) is 22.7 Å². The van der Waals surface area contributed by atoms with Crippen molar-refractivity contribution in [3.8, 4) is 23.6 Å². The van der Waals surface area contributed by atoms with Gasteiger partial charge in [0.25, 0.3) is 0 Å². The maximum absolute atomic E-state index is 13.4. The Kier molecular flexibility index (Phi) is 20.4. The first kappa shape index (κ1) is 52.2. The summed E-state index contributed by atoms with van der Waals surface area (Å²) < 4.78 is 93.2. The summed E-state index contributed by atoms with van der Waals surface area (Å²) in [7, 11) is 0. The highest BCUT2D eigenvalue weighted by atomic mass is 19.4. The first-order valence-corrected chi connectivity index (χ1v) is 23.4. The number of hydrogen-bond acceptors (Lipinski definition) is 4. The van der Waals surface area contributed by atoms with E-state index in [1.54, 1.807) is 12.2 Å². The minimum absolute atomic E-state index is 0.116. The summed E-state index contributed by atoms with van der Waals surface area (Å²) in [5.41, 5.74) is 3.63. The van der Waals surface area contributed by atoms with E-state index in [0.29, 0.717) is 35.8 Å². The van der Waals surface area contributed by atoms with Crippen LogP contribution in [0.2, 0.25) is 0 Å². The van der Waals surface area contributed by atoms with E-state index < -0.39 is 23.5 Å². The van der Waals surface area contributed by atoms with Gasteiger partial charge >= 0.3 is 12.4 Å². The highest BCUT2D eigenvalue weighted by Gasteiger charge is 2.31. The molecule has 4 nitrogen and oxygen atoms in total. The molecule has 0 fully saturated rings. The van der Waals surface area contributed by atoms with E-state index in [2.05, 4.69) is 13.8 Å². The number of nitriles is 2. The van der Waals surface area contributed by atoms with Crippen molar-refractivity contribution in [3.63, 3.8) is 0 Å². The van der Waals surface area contributed by atoms with Crippen LogP contribution < -0.4 is 9.47 Å². The summed E-state index contributed by atoms with van der Waals surface area (Å²) in [5.74, 6) is 1.36. The number of unbranched alkanes of at least 4 members (excludes halogenated alkanes) is 10. The van der Waals surface area contributed by atoms with Crippen LogP contribution in [0.1, 0.15) is 147 Å². The zero-order valence-electron chi connectivity index (χ0n) is 38.7. The molecule has 0 spiro atoms. The number of nitrogens with zero attached hydrogens (tertiary/aromatic N) is 2. The number of halogens is 6. The second kappa shape index (κ2) is 26.5. The summed E-state index contributed by atoms with van der Waals surface area (Å²) in [6, 6.07) is 32.3. The molecule has 0 N–H and O–H groups in total. The zero-order valence-corrected chi connectivity index (χ0v) is 38.7. The third kappa shape index (κ3) is 16.8. The number of ether oxygens (including phenoxy) is 2. The van der Waals surface area contributed by atoms with Crippen LogP contribution in [0.25, 0.3) is 47.6 Å². The standard InChI is InChI=1S/C58H58F6N2O2/c1-3-5-7-9-11-13-33-67-55-39-50(32-30-44-23-27-46(28-24-44)36-52(42-66)48-18-16-20-54(38-48)58(62,63)64)56(68-34-14-12-10-8-6-4-2)40-49(55)31-29-43-21-25-45(26-22-43)35-51(41-65)47-17-15-19-53(37-47)57(59,60)61/h15-32,35-40H,3-14,33-34H2,1-2H3/b31-29+,32-30+,51-35+,52-36+. The van der Waals surface area contributed by atoms with Crippen LogP contribution in [-0.2, 0) is 12.4 Å². The van der Waals surface area contributed by atoms with Crippen molar-refractivity contribution < 1.29 is 35.8 Å². The fourth-order valence-electron chi connectivity index (χ4n) is 7.43. The molecule has 0 amide bonds. The van der Waals surface area contributed by atoms with E-state index in [-0.39, 0.29) is 22.3 Å². The lowest BCUT2D eigenvalue weighted by molar-refractivity contribution is -0.138. The summed E-state index contributed by atoms with van der Waals surface area (Å²) >= 11 is 0. The van der Waals surface area contributed by atoms with Crippen LogP contribution >= 0.6 is 0 Å². The normalized spacial score (nSPS) is 12.4. The fraction of sp³-hybridized carbons (Fsp3) is 0.310. The van der Waals surface area contributed by atoms with Gasteiger partial charge in [-0.2, -0.15) is 36.9 Å². The number of allylic oxidation sites excluding steroid dienone is 2. The highest BCUT2D eigenvalue weighted by molar-refractivity contribution is 5.91. The SMILES string of the molecule is CCCCCCCCOc1cc(/C=C/c2ccc(/C=C(\C#N)c3cccc(C(F)(F)F)c3)cc2)c(OCCCCCCCC)cc1/C=C/c1ccc(/C=C(\C#N)c2cccc(C(F)(F)F)c2)cc1. The molecule has 0 aliphatic heterocycles. The van der Waals surface area contributed by atoms with Crippen LogP contribution in [0.3, 0.4) is 0 Å². The Hall–Kier alpha value is -6.78. The van der Waals surface area contributed by atoms with Gasteiger partial charge in [0.15, 0.2) is 0 Å². The smallest absolute Gasteiger partial charge is 0.416 e. The van der Waals surface area contributed by atoms with Crippen LogP contribution in [0.5, 0.6) is 11.5 Å². The quantitative estimate of drug-likeness (QED) is 0.0268. The van der Waals surface area contributed by atoms with E-state index in [0.717, 1.165) is 85.0 Å². The van der Waals surface area contributed by atoms with Gasteiger partial charge in [-0.3, -0.25) is 0 Å². The van der Waals surface area contributed by atoms with Crippen molar-refractivity contribution in [2.24, 2.45) is 0 Å². The molecule has 5 aromatic rings. The Morgan fingerprint density at radius 3 is 1.16 bits per heavy atom. The molecule has 0 saturated heterocycles. The first-order chi connectivity index (χ1) is 32.8. The van der Waals surface area contributed by atoms with Gasteiger partial charge in [0.2, 0.25) is 0 Å². The van der Waals surface area contributed by atoms with Crippen molar-refractivity contribution >= 4 is 47.6 Å².